The predicted octanol–water partition coefficient (Wildman–Crippen LogP) is 2.81. The molecule has 72 valence electrons. The Balaban J connectivity index is 2.30. The van der Waals surface area contributed by atoms with Gasteiger partial charge in [-0.25, -0.2) is 0 Å². The van der Waals surface area contributed by atoms with E-state index in [4.69, 9.17) is 0 Å². The fraction of sp³-hybridized carbons (Fsp3) is 1.00. The Morgan fingerprint density at radius 1 is 1.33 bits per heavy atom. The molecule has 1 fully saturated rings. The van der Waals surface area contributed by atoms with E-state index < -0.39 is 0 Å². The van der Waals surface area contributed by atoms with Gasteiger partial charge in [-0.1, -0.05) is 33.6 Å². The van der Waals surface area contributed by atoms with Gasteiger partial charge in [0.2, 0.25) is 0 Å². The first-order valence-corrected chi connectivity index (χ1v) is 5.47. The van der Waals surface area contributed by atoms with Crippen LogP contribution in [0, 0.1) is 11.8 Å². The molecule has 0 amide bonds. The summed E-state index contributed by atoms with van der Waals surface area (Å²) >= 11 is 0. The van der Waals surface area contributed by atoms with Crippen LogP contribution in [0.4, 0.5) is 0 Å². The number of hydrogen-bond donors (Lipinski definition) is 1. The molecule has 1 aliphatic carbocycles. The van der Waals surface area contributed by atoms with Gasteiger partial charge in [-0.15, -0.1) is 0 Å². The molecular formula is C11H23N. The second-order valence-corrected chi connectivity index (χ2v) is 4.43. The largest absolute Gasteiger partial charge is 0.314 e. The van der Waals surface area contributed by atoms with Crippen molar-refractivity contribution in [3.8, 4) is 0 Å². The van der Waals surface area contributed by atoms with Gasteiger partial charge in [0.25, 0.3) is 0 Å². The molecule has 0 aromatic rings. The van der Waals surface area contributed by atoms with Crippen molar-refractivity contribution < 1.29 is 0 Å². The lowest BCUT2D eigenvalue weighted by Gasteiger charge is -2.31. The van der Waals surface area contributed by atoms with Gasteiger partial charge in [0.15, 0.2) is 0 Å². The normalized spacial score (nSPS) is 31.0. The van der Waals surface area contributed by atoms with Crippen LogP contribution in [0.1, 0.15) is 46.5 Å². The molecule has 12 heavy (non-hydrogen) atoms. The van der Waals surface area contributed by atoms with Crippen LogP contribution in [0.15, 0.2) is 0 Å². The summed E-state index contributed by atoms with van der Waals surface area (Å²) in [6, 6.07) is 0.816. The molecule has 0 heterocycles. The van der Waals surface area contributed by atoms with E-state index in [0.29, 0.717) is 0 Å². The SMILES string of the molecule is CCNC1CCCC(C(C)C)C1. The van der Waals surface area contributed by atoms with Crippen LogP contribution in [-0.2, 0) is 0 Å². The first-order chi connectivity index (χ1) is 5.74. The van der Waals surface area contributed by atoms with Crippen LogP contribution >= 0.6 is 0 Å². The highest BCUT2D eigenvalue weighted by Gasteiger charge is 2.22. The summed E-state index contributed by atoms with van der Waals surface area (Å²) in [5.74, 6) is 1.86. The zero-order valence-electron chi connectivity index (χ0n) is 8.77. The van der Waals surface area contributed by atoms with Gasteiger partial charge in [0.05, 0.1) is 0 Å². The van der Waals surface area contributed by atoms with E-state index in [1.165, 1.54) is 25.7 Å². The van der Waals surface area contributed by atoms with Crippen molar-refractivity contribution in [2.45, 2.75) is 52.5 Å². The van der Waals surface area contributed by atoms with E-state index in [1.54, 1.807) is 0 Å². The first kappa shape index (κ1) is 10.0. The minimum Gasteiger partial charge on any atom is -0.314 e. The molecule has 0 aromatic heterocycles. The van der Waals surface area contributed by atoms with Crippen molar-refractivity contribution in [1.82, 2.24) is 5.32 Å². The molecule has 1 N–H and O–H groups in total. The highest BCUT2D eigenvalue weighted by atomic mass is 14.9. The van der Waals surface area contributed by atoms with Gasteiger partial charge in [-0.3, -0.25) is 0 Å². The fourth-order valence-electron chi connectivity index (χ4n) is 2.31. The van der Waals surface area contributed by atoms with Crippen molar-refractivity contribution >= 4 is 0 Å². The second kappa shape index (κ2) is 4.86. The van der Waals surface area contributed by atoms with E-state index >= 15 is 0 Å². The molecule has 0 aliphatic heterocycles. The van der Waals surface area contributed by atoms with Gasteiger partial charge in [-0.2, -0.15) is 0 Å². The lowest BCUT2D eigenvalue weighted by Crippen LogP contribution is -2.35. The molecule has 0 radical (unpaired) electrons. The third kappa shape index (κ3) is 2.78. The molecule has 2 atom stereocenters. The monoisotopic (exact) mass is 169 g/mol. The maximum Gasteiger partial charge on any atom is 0.00696 e. The molecule has 1 aliphatic rings. The van der Waals surface area contributed by atoms with Crippen LogP contribution in [0.25, 0.3) is 0 Å². The van der Waals surface area contributed by atoms with Crippen LogP contribution in [0.3, 0.4) is 0 Å². The molecular weight excluding hydrogens is 146 g/mol. The van der Waals surface area contributed by atoms with Crippen molar-refractivity contribution in [2.75, 3.05) is 6.54 Å². The van der Waals surface area contributed by atoms with Gasteiger partial charge in [-0.05, 0) is 31.2 Å². The molecule has 0 bridgehead atoms. The lowest BCUT2D eigenvalue weighted by atomic mass is 9.79. The maximum absolute atomic E-state index is 3.57. The molecule has 1 nitrogen and oxygen atoms in total. The molecule has 1 heteroatoms. The van der Waals surface area contributed by atoms with Gasteiger partial charge in [0, 0.05) is 6.04 Å². The van der Waals surface area contributed by atoms with Crippen molar-refractivity contribution in [3.63, 3.8) is 0 Å². The molecule has 0 aromatic carbocycles. The highest BCUT2D eigenvalue weighted by Crippen LogP contribution is 2.29. The topological polar surface area (TPSA) is 12.0 Å². The van der Waals surface area contributed by atoms with E-state index in [2.05, 4.69) is 26.1 Å². The Hall–Kier alpha value is -0.0400. The van der Waals surface area contributed by atoms with Crippen LogP contribution in [-0.4, -0.2) is 12.6 Å². The molecule has 1 rings (SSSR count). The summed E-state index contributed by atoms with van der Waals surface area (Å²) < 4.78 is 0. The van der Waals surface area contributed by atoms with Crippen molar-refractivity contribution in [1.29, 1.82) is 0 Å². The van der Waals surface area contributed by atoms with E-state index in [1.807, 2.05) is 0 Å². The minimum atomic E-state index is 0.816. The number of nitrogens with one attached hydrogen (secondary N) is 1. The average Bonchev–Trinajstić information content (AvgIpc) is 2.05. The molecule has 2 unspecified atom stereocenters. The Morgan fingerprint density at radius 2 is 2.08 bits per heavy atom. The smallest absolute Gasteiger partial charge is 0.00696 e. The van der Waals surface area contributed by atoms with Crippen LogP contribution in [0.5, 0.6) is 0 Å². The molecule has 0 spiro atoms. The fourth-order valence-corrected chi connectivity index (χ4v) is 2.31. The quantitative estimate of drug-likeness (QED) is 0.685. The zero-order chi connectivity index (χ0) is 8.97. The van der Waals surface area contributed by atoms with E-state index in [0.717, 1.165) is 24.4 Å². The number of hydrogen-bond acceptors (Lipinski definition) is 1. The summed E-state index contributed by atoms with van der Waals surface area (Å²) in [5.41, 5.74) is 0. The van der Waals surface area contributed by atoms with Gasteiger partial charge >= 0.3 is 0 Å². The molecule has 1 saturated carbocycles. The van der Waals surface area contributed by atoms with Gasteiger partial charge < -0.3 is 5.32 Å². The third-order valence-electron chi connectivity index (χ3n) is 3.15. The maximum atomic E-state index is 3.57. The standard InChI is InChI=1S/C11H23N/c1-4-12-11-7-5-6-10(8-11)9(2)3/h9-12H,4-8H2,1-3H3. The first-order valence-electron chi connectivity index (χ1n) is 5.47. The summed E-state index contributed by atoms with van der Waals surface area (Å²) in [6.07, 6.45) is 5.70. The Labute approximate surface area is 76.9 Å². The Bertz CT molecular complexity index is 118. The predicted molar refractivity (Wildman–Crippen MR) is 54.3 cm³/mol. The van der Waals surface area contributed by atoms with E-state index in [-0.39, 0.29) is 0 Å². The Morgan fingerprint density at radius 3 is 2.67 bits per heavy atom. The minimum absolute atomic E-state index is 0.816. The summed E-state index contributed by atoms with van der Waals surface area (Å²) in [7, 11) is 0. The summed E-state index contributed by atoms with van der Waals surface area (Å²) in [4.78, 5) is 0. The van der Waals surface area contributed by atoms with Crippen molar-refractivity contribution in [3.05, 3.63) is 0 Å². The zero-order valence-corrected chi connectivity index (χ0v) is 8.77. The summed E-state index contributed by atoms with van der Waals surface area (Å²) in [6.45, 7) is 8.06. The Kier molecular flexibility index (Phi) is 4.07. The van der Waals surface area contributed by atoms with E-state index in [9.17, 15) is 0 Å². The second-order valence-electron chi connectivity index (χ2n) is 4.43. The molecule has 0 saturated heterocycles. The van der Waals surface area contributed by atoms with Crippen LogP contribution < -0.4 is 5.32 Å². The van der Waals surface area contributed by atoms with Crippen molar-refractivity contribution in [2.24, 2.45) is 11.8 Å². The lowest BCUT2D eigenvalue weighted by molar-refractivity contribution is 0.233. The summed E-state index contributed by atoms with van der Waals surface area (Å²) in [5, 5.41) is 3.57. The third-order valence-corrected chi connectivity index (χ3v) is 3.15. The number of rotatable bonds is 3. The average molecular weight is 169 g/mol. The van der Waals surface area contributed by atoms with Crippen LogP contribution in [0.2, 0.25) is 0 Å². The highest BCUT2D eigenvalue weighted by molar-refractivity contribution is 4.78. The van der Waals surface area contributed by atoms with Gasteiger partial charge in [0.1, 0.15) is 0 Å².